The molecule has 3 atom stereocenters. The molecule has 1 heterocycles. The third kappa shape index (κ3) is 3.73. The summed E-state index contributed by atoms with van der Waals surface area (Å²) in [5, 5.41) is 3.09. The average Bonchev–Trinajstić information content (AvgIpc) is 3.10. The number of hydrogen-bond donors (Lipinski definition) is 2. The van der Waals surface area contributed by atoms with Crippen LogP contribution in [0.3, 0.4) is 0 Å². The lowest BCUT2D eigenvalue weighted by Gasteiger charge is -2.31. The fourth-order valence-electron chi connectivity index (χ4n) is 4.83. The molecule has 3 aliphatic rings. The molecule has 3 fully saturated rings. The predicted octanol–water partition coefficient (Wildman–Crippen LogP) is 2.11. The summed E-state index contributed by atoms with van der Waals surface area (Å²) in [6.07, 6.45) is 9.06. The number of likely N-dealkylation sites (tertiary alicyclic amines) is 1. The lowest BCUT2D eigenvalue weighted by molar-refractivity contribution is -0.119. The van der Waals surface area contributed by atoms with Crippen LogP contribution in [0.2, 0.25) is 0 Å². The molecule has 2 aliphatic carbocycles. The summed E-state index contributed by atoms with van der Waals surface area (Å²) in [5.74, 6) is 2.89. The van der Waals surface area contributed by atoms with Gasteiger partial charge in [0, 0.05) is 26.1 Å². The van der Waals surface area contributed by atoms with Gasteiger partial charge in [0.25, 0.3) is 0 Å². The van der Waals surface area contributed by atoms with Gasteiger partial charge >= 0.3 is 6.03 Å². The van der Waals surface area contributed by atoms with Gasteiger partial charge in [-0.2, -0.15) is 0 Å². The molecule has 5 nitrogen and oxygen atoms in total. The molecule has 0 unspecified atom stereocenters. The molecule has 0 spiro atoms. The monoisotopic (exact) mass is 307 g/mol. The Morgan fingerprint density at radius 3 is 2.45 bits per heavy atom. The van der Waals surface area contributed by atoms with Crippen molar-refractivity contribution in [2.24, 2.45) is 29.4 Å². The number of urea groups is 1. The number of rotatable bonds is 5. The minimum Gasteiger partial charge on any atom is -0.370 e. The first-order valence-electron chi connectivity index (χ1n) is 8.93. The normalized spacial score (nSPS) is 31.5. The third-order valence-corrected chi connectivity index (χ3v) is 6.07. The highest BCUT2D eigenvalue weighted by atomic mass is 16.2. The number of nitrogens with zero attached hydrogens (tertiary/aromatic N) is 1. The molecule has 0 aromatic rings. The van der Waals surface area contributed by atoms with E-state index in [1.54, 1.807) is 0 Å². The zero-order valence-corrected chi connectivity index (χ0v) is 13.4. The van der Waals surface area contributed by atoms with Crippen LogP contribution in [0, 0.1) is 23.7 Å². The Labute approximate surface area is 133 Å². The van der Waals surface area contributed by atoms with E-state index in [1.165, 1.54) is 25.7 Å². The van der Waals surface area contributed by atoms with Crippen molar-refractivity contribution in [2.75, 3.05) is 19.6 Å². The summed E-state index contributed by atoms with van der Waals surface area (Å²) < 4.78 is 0. The SMILES string of the molecule is NC(=O)CC1CCN(C(=O)NCC[C@@H]2C[C@H]3CC[C@H]2C3)CC1. The molecule has 0 aromatic carbocycles. The van der Waals surface area contributed by atoms with Crippen molar-refractivity contribution < 1.29 is 9.59 Å². The highest BCUT2D eigenvalue weighted by Gasteiger charge is 2.38. The molecule has 5 heteroatoms. The Morgan fingerprint density at radius 1 is 1.09 bits per heavy atom. The number of primary amides is 1. The topological polar surface area (TPSA) is 75.4 Å². The van der Waals surface area contributed by atoms with E-state index in [0.717, 1.165) is 56.7 Å². The van der Waals surface area contributed by atoms with Gasteiger partial charge in [0.1, 0.15) is 0 Å². The number of nitrogens with two attached hydrogens (primary N) is 1. The van der Waals surface area contributed by atoms with Crippen LogP contribution in [0.25, 0.3) is 0 Å². The van der Waals surface area contributed by atoms with E-state index in [2.05, 4.69) is 5.32 Å². The number of piperidine rings is 1. The maximum atomic E-state index is 12.2. The summed E-state index contributed by atoms with van der Waals surface area (Å²) in [4.78, 5) is 25.0. The van der Waals surface area contributed by atoms with E-state index in [-0.39, 0.29) is 11.9 Å². The van der Waals surface area contributed by atoms with Gasteiger partial charge in [-0.05, 0) is 62.2 Å². The van der Waals surface area contributed by atoms with Crippen LogP contribution in [-0.2, 0) is 4.79 Å². The summed E-state index contributed by atoms with van der Waals surface area (Å²) in [6.45, 7) is 2.31. The maximum absolute atomic E-state index is 12.2. The second kappa shape index (κ2) is 6.88. The van der Waals surface area contributed by atoms with Gasteiger partial charge in [0.15, 0.2) is 0 Å². The summed E-state index contributed by atoms with van der Waals surface area (Å²) in [5.41, 5.74) is 5.24. The number of carbonyl (C=O) groups excluding carboxylic acids is 2. The lowest BCUT2D eigenvalue weighted by atomic mass is 9.86. The largest absolute Gasteiger partial charge is 0.370 e. The Kier molecular flexibility index (Phi) is 4.89. The van der Waals surface area contributed by atoms with Gasteiger partial charge in [-0.15, -0.1) is 0 Å². The fourth-order valence-corrected chi connectivity index (χ4v) is 4.83. The van der Waals surface area contributed by atoms with Crippen molar-refractivity contribution in [3.05, 3.63) is 0 Å². The lowest BCUT2D eigenvalue weighted by Crippen LogP contribution is -2.45. The molecule has 3 rings (SSSR count). The zero-order chi connectivity index (χ0) is 15.5. The van der Waals surface area contributed by atoms with Crippen molar-refractivity contribution in [1.29, 1.82) is 0 Å². The average molecular weight is 307 g/mol. The fraction of sp³-hybridized carbons (Fsp3) is 0.882. The zero-order valence-electron chi connectivity index (χ0n) is 13.4. The van der Waals surface area contributed by atoms with E-state index in [1.807, 2.05) is 4.90 Å². The second-order valence-corrected chi connectivity index (χ2v) is 7.56. The van der Waals surface area contributed by atoms with Crippen molar-refractivity contribution in [3.63, 3.8) is 0 Å². The molecule has 1 saturated heterocycles. The molecule has 2 bridgehead atoms. The van der Waals surface area contributed by atoms with Crippen molar-refractivity contribution in [3.8, 4) is 0 Å². The van der Waals surface area contributed by atoms with E-state index in [0.29, 0.717) is 12.3 Å². The first kappa shape index (κ1) is 15.6. The number of fused-ring (bicyclic) bond motifs is 2. The van der Waals surface area contributed by atoms with Gasteiger partial charge in [-0.1, -0.05) is 6.42 Å². The molecular weight excluding hydrogens is 278 g/mol. The Morgan fingerprint density at radius 2 is 1.86 bits per heavy atom. The van der Waals surface area contributed by atoms with Crippen molar-refractivity contribution in [2.45, 2.75) is 51.4 Å². The standard InChI is InChI=1S/C17H29N3O2/c18-16(21)11-12-4-7-20(8-5-12)17(22)19-6-3-15-10-13-1-2-14(15)9-13/h12-15H,1-11H2,(H2,18,21)(H,19,22)/t13-,14-,15+/m0/s1. The molecule has 0 aromatic heterocycles. The molecule has 124 valence electrons. The van der Waals surface area contributed by atoms with Crippen LogP contribution in [-0.4, -0.2) is 36.5 Å². The molecule has 3 N–H and O–H groups in total. The third-order valence-electron chi connectivity index (χ3n) is 6.07. The summed E-state index contributed by atoms with van der Waals surface area (Å²) in [6, 6.07) is 0.0701. The van der Waals surface area contributed by atoms with Crippen LogP contribution >= 0.6 is 0 Å². The minimum atomic E-state index is -0.228. The molecule has 2 saturated carbocycles. The summed E-state index contributed by atoms with van der Waals surface area (Å²) >= 11 is 0. The number of amides is 3. The van der Waals surface area contributed by atoms with Gasteiger partial charge in [-0.3, -0.25) is 4.79 Å². The van der Waals surface area contributed by atoms with Crippen LogP contribution in [0.5, 0.6) is 0 Å². The van der Waals surface area contributed by atoms with Crippen molar-refractivity contribution >= 4 is 11.9 Å². The van der Waals surface area contributed by atoms with Crippen molar-refractivity contribution in [1.82, 2.24) is 10.2 Å². The van der Waals surface area contributed by atoms with Crippen LogP contribution in [0.4, 0.5) is 4.79 Å². The second-order valence-electron chi connectivity index (χ2n) is 7.56. The van der Waals surface area contributed by atoms with Gasteiger partial charge in [0.2, 0.25) is 5.91 Å². The van der Waals surface area contributed by atoms with E-state index >= 15 is 0 Å². The molecule has 1 aliphatic heterocycles. The molecule has 0 radical (unpaired) electrons. The van der Waals surface area contributed by atoms with Gasteiger partial charge in [-0.25, -0.2) is 4.79 Å². The Hall–Kier alpha value is -1.26. The molecule has 3 amide bonds. The van der Waals surface area contributed by atoms with E-state index < -0.39 is 0 Å². The molecular formula is C17H29N3O2. The van der Waals surface area contributed by atoms with Crippen LogP contribution in [0.1, 0.15) is 51.4 Å². The quantitative estimate of drug-likeness (QED) is 0.816. The highest BCUT2D eigenvalue weighted by molar-refractivity contribution is 5.75. The van der Waals surface area contributed by atoms with E-state index in [9.17, 15) is 9.59 Å². The van der Waals surface area contributed by atoms with Gasteiger partial charge in [0.05, 0.1) is 0 Å². The van der Waals surface area contributed by atoms with E-state index in [4.69, 9.17) is 5.73 Å². The minimum absolute atomic E-state index is 0.0701. The number of nitrogens with one attached hydrogen (secondary N) is 1. The maximum Gasteiger partial charge on any atom is 0.317 e. The van der Waals surface area contributed by atoms with Crippen LogP contribution in [0.15, 0.2) is 0 Å². The van der Waals surface area contributed by atoms with Gasteiger partial charge < -0.3 is 16.0 Å². The van der Waals surface area contributed by atoms with Crippen LogP contribution < -0.4 is 11.1 Å². The first-order valence-corrected chi connectivity index (χ1v) is 8.93. The Balaban J connectivity index is 1.32. The Bertz CT molecular complexity index is 418. The first-order chi connectivity index (χ1) is 10.6. The molecule has 22 heavy (non-hydrogen) atoms. The summed E-state index contributed by atoms with van der Waals surface area (Å²) in [7, 11) is 0. The highest BCUT2D eigenvalue weighted by Crippen LogP contribution is 2.49. The predicted molar refractivity (Wildman–Crippen MR) is 85.1 cm³/mol. The number of carbonyl (C=O) groups is 2. The number of hydrogen-bond acceptors (Lipinski definition) is 2. The smallest absolute Gasteiger partial charge is 0.317 e.